The van der Waals surface area contributed by atoms with Crippen LogP contribution < -0.4 is 9.64 Å². The fraction of sp³-hybridized carbons (Fsp3) is 0.200. The van der Waals surface area contributed by atoms with Gasteiger partial charge in [0.15, 0.2) is 0 Å². The highest BCUT2D eigenvalue weighted by atomic mass is 79.9. The lowest BCUT2D eigenvalue weighted by Crippen LogP contribution is -2.28. The van der Waals surface area contributed by atoms with E-state index in [0.717, 1.165) is 33.7 Å². The topological polar surface area (TPSA) is 12.5 Å². The first-order chi connectivity index (χ1) is 10.9. The summed E-state index contributed by atoms with van der Waals surface area (Å²) in [5.74, 6) is 0.661. The van der Waals surface area contributed by atoms with Crippen molar-refractivity contribution in [2.45, 2.75) is 11.1 Å². The molecule has 0 saturated carbocycles. The molecule has 8 heteroatoms. The summed E-state index contributed by atoms with van der Waals surface area (Å²) < 4.78 is 44.4. The first kappa shape index (κ1) is 16.8. The van der Waals surface area contributed by atoms with Crippen molar-refractivity contribution >= 4 is 49.0 Å². The van der Waals surface area contributed by atoms with Crippen LogP contribution in [0.4, 0.5) is 24.5 Å². The average Bonchev–Trinajstić information content (AvgIpc) is 2.53. The van der Waals surface area contributed by atoms with E-state index < -0.39 is 11.7 Å². The second kappa shape index (κ2) is 6.45. The Balaban J connectivity index is 2.01. The van der Waals surface area contributed by atoms with Crippen molar-refractivity contribution in [1.82, 2.24) is 0 Å². The van der Waals surface area contributed by atoms with E-state index in [1.165, 1.54) is 6.07 Å². The molecule has 0 spiro atoms. The molecule has 0 unspecified atom stereocenters. The predicted molar refractivity (Wildman–Crippen MR) is 89.8 cm³/mol. The maximum Gasteiger partial charge on any atom is 0.416 e. The third-order valence-corrected chi connectivity index (χ3v) is 5.05. The highest BCUT2D eigenvalue weighted by Gasteiger charge is 2.31. The standard InChI is InChI=1S/C15H10BrClF3NOS/c16-11-7-9(15(18,19)20)1-3-12(11)21-5-6-22-14-8-10(23-17)2-4-13(14)21/h1-4,7-8H,5-6H2. The van der Waals surface area contributed by atoms with Crippen molar-refractivity contribution in [2.24, 2.45) is 0 Å². The zero-order chi connectivity index (χ0) is 16.6. The Kier molecular flexibility index (Phi) is 4.71. The van der Waals surface area contributed by atoms with E-state index in [4.69, 9.17) is 15.4 Å². The van der Waals surface area contributed by atoms with E-state index in [1.807, 2.05) is 23.1 Å². The second-order valence-corrected chi connectivity index (χ2v) is 6.81. The zero-order valence-corrected chi connectivity index (χ0v) is 14.7. The van der Waals surface area contributed by atoms with Crippen LogP contribution in [0.25, 0.3) is 0 Å². The average molecular weight is 425 g/mol. The minimum atomic E-state index is -4.36. The number of fused-ring (bicyclic) bond motifs is 1. The van der Waals surface area contributed by atoms with Crippen molar-refractivity contribution in [3.8, 4) is 5.75 Å². The fourth-order valence-corrected chi connectivity index (χ4v) is 3.55. The fourth-order valence-electron chi connectivity index (χ4n) is 2.40. The molecule has 2 nitrogen and oxygen atoms in total. The van der Waals surface area contributed by atoms with Crippen molar-refractivity contribution in [3.05, 3.63) is 46.4 Å². The minimum Gasteiger partial charge on any atom is -0.489 e. The maximum atomic E-state index is 12.8. The maximum absolute atomic E-state index is 12.8. The summed E-state index contributed by atoms with van der Waals surface area (Å²) in [5.41, 5.74) is 0.774. The Labute approximate surface area is 148 Å². The smallest absolute Gasteiger partial charge is 0.416 e. The van der Waals surface area contributed by atoms with Crippen LogP contribution in [0.15, 0.2) is 45.8 Å². The predicted octanol–water partition coefficient (Wildman–Crippen LogP) is 6.24. The molecule has 0 atom stereocenters. The SMILES string of the molecule is FC(F)(F)c1ccc(N2CCOc3cc(SCl)ccc32)c(Br)c1. The van der Waals surface area contributed by atoms with Crippen molar-refractivity contribution in [3.63, 3.8) is 0 Å². The van der Waals surface area contributed by atoms with Gasteiger partial charge in [-0.1, -0.05) is 0 Å². The van der Waals surface area contributed by atoms with Gasteiger partial charge in [-0.3, -0.25) is 0 Å². The van der Waals surface area contributed by atoms with Gasteiger partial charge in [0, 0.05) is 9.37 Å². The summed E-state index contributed by atoms with van der Waals surface area (Å²) in [4.78, 5) is 2.77. The number of hydrogen-bond acceptors (Lipinski definition) is 3. The van der Waals surface area contributed by atoms with Crippen LogP contribution in [0, 0.1) is 0 Å². The third-order valence-electron chi connectivity index (χ3n) is 3.45. The van der Waals surface area contributed by atoms with Gasteiger partial charge in [-0.15, -0.1) is 0 Å². The first-order valence-corrected chi connectivity index (χ1v) is 9.03. The largest absolute Gasteiger partial charge is 0.489 e. The van der Waals surface area contributed by atoms with E-state index >= 15 is 0 Å². The van der Waals surface area contributed by atoms with Gasteiger partial charge < -0.3 is 9.64 Å². The van der Waals surface area contributed by atoms with Crippen LogP contribution in [0.2, 0.25) is 0 Å². The summed E-state index contributed by atoms with van der Waals surface area (Å²) in [6.45, 7) is 0.987. The Morgan fingerprint density at radius 3 is 2.52 bits per heavy atom. The number of hydrogen-bond donors (Lipinski definition) is 0. The number of rotatable bonds is 2. The molecular formula is C15H10BrClF3NOS. The molecule has 1 heterocycles. The summed E-state index contributed by atoms with van der Waals surface area (Å²) in [6.07, 6.45) is -4.36. The quantitative estimate of drug-likeness (QED) is 0.566. The molecule has 1 aliphatic heterocycles. The molecule has 0 fully saturated rings. The van der Waals surface area contributed by atoms with E-state index in [9.17, 15) is 13.2 Å². The van der Waals surface area contributed by atoms with Crippen LogP contribution in [0.3, 0.4) is 0 Å². The number of halogens is 5. The molecule has 122 valence electrons. The van der Waals surface area contributed by atoms with Gasteiger partial charge in [0.05, 0.1) is 23.5 Å². The molecule has 0 amide bonds. The van der Waals surface area contributed by atoms with Crippen molar-refractivity contribution < 1.29 is 17.9 Å². The van der Waals surface area contributed by atoms with E-state index in [-0.39, 0.29) is 0 Å². The number of alkyl halides is 3. The van der Waals surface area contributed by atoms with Crippen LogP contribution in [0.5, 0.6) is 5.75 Å². The number of benzene rings is 2. The Morgan fingerprint density at radius 2 is 1.87 bits per heavy atom. The Bertz CT molecular complexity index is 741. The molecule has 0 saturated heterocycles. The van der Waals surface area contributed by atoms with E-state index in [0.29, 0.717) is 29.1 Å². The molecule has 0 aromatic heterocycles. The molecule has 0 N–H and O–H groups in total. The van der Waals surface area contributed by atoms with Gasteiger partial charge in [0.25, 0.3) is 0 Å². The number of ether oxygens (including phenoxy) is 1. The molecule has 0 aliphatic carbocycles. The monoisotopic (exact) mass is 423 g/mol. The molecule has 0 radical (unpaired) electrons. The van der Waals surface area contributed by atoms with Gasteiger partial charge in [-0.25, -0.2) is 0 Å². The summed E-state index contributed by atoms with van der Waals surface area (Å²) in [6, 6.07) is 9.15. The second-order valence-electron chi connectivity index (χ2n) is 4.87. The third kappa shape index (κ3) is 3.41. The van der Waals surface area contributed by atoms with Gasteiger partial charge >= 0.3 is 6.18 Å². The van der Waals surface area contributed by atoms with Crippen LogP contribution in [0.1, 0.15) is 5.56 Å². The Morgan fingerprint density at radius 1 is 1.13 bits per heavy atom. The molecule has 2 aromatic rings. The molecule has 3 rings (SSSR count). The molecule has 1 aliphatic rings. The normalized spacial score (nSPS) is 14.4. The lowest BCUT2D eigenvalue weighted by atomic mass is 10.1. The summed E-state index contributed by atoms with van der Waals surface area (Å²) >= 11 is 3.25. The van der Waals surface area contributed by atoms with Crippen LogP contribution >= 0.6 is 37.6 Å². The van der Waals surface area contributed by atoms with Crippen molar-refractivity contribution in [1.29, 1.82) is 0 Å². The summed E-state index contributed by atoms with van der Waals surface area (Å²) in [5, 5.41) is 0. The first-order valence-electron chi connectivity index (χ1n) is 6.60. The van der Waals surface area contributed by atoms with Crippen molar-refractivity contribution in [2.75, 3.05) is 18.1 Å². The van der Waals surface area contributed by atoms with Gasteiger partial charge in [-0.2, -0.15) is 13.2 Å². The lowest BCUT2D eigenvalue weighted by molar-refractivity contribution is -0.137. The van der Waals surface area contributed by atoms with E-state index in [2.05, 4.69) is 15.9 Å². The van der Waals surface area contributed by atoms with Crippen LogP contribution in [-0.2, 0) is 6.18 Å². The van der Waals surface area contributed by atoms with Crippen LogP contribution in [-0.4, -0.2) is 13.2 Å². The lowest BCUT2D eigenvalue weighted by Gasteiger charge is -2.32. The highest BCUT2D eigenvalue weighted by molar-refractivity contribution is 9.10. The summed E-state index contributed by atoms with van der Waals surface area (Å²) in [7, 11) is 6.83. The number of nitrogens with zero attached hydrogens (tertiary/aromatic N) is 1. The zero-order valence-electron chi connectivity index (χ0n) is 11.5. The van der Waals surface area contributed by atoms with Gasteiger partial charge in [0.2, 0.25) is 0 Å². The Hall–Kier alpha value is -1.05. The molecule has 2 aromatic carbocycles. The number of anilines is 2. The molecule has 23 heavy (non-hydrogen) atoms. The van der Waals surface area contributed by atoms with Gasteiger partial charge in [0.1, 0.15) is 12.4 Å². The highest BCUT2D eigenvalue weighted by Crippen LogP contribution is 2.43. The minimum absolute atomic E-state index is 0.385. The molecular weight excluding hydrogens is 415 g/mol. The van der Waals surface area contributed by atoms with Gasteiger partial charge in [-0.05, 0) is 74.0 Å². The van der Waals surface area contributed by atoms with E-state index in [1.54, 1.807) is 0 Å². The molecule has 0 bridgehead atoms.